The van der Waals surface area contributed by atoms with Crippen molar-refractivity contribution >= 4 is 23.2 Å². The van der Waals surface area contributed by atoms with Gasteiger partial charge in [-0.1, -0.05) is 24.1 Å². The lowest BCUT2D eigenvalue weighted by molar-refractivity contribution is -0.122. The molecule has 126 valence electrons. The first-order chi connectivity index (χ1) is 12.1. The van der Waals surface area contributed by atoms with E-state index in [1.165, 1.54) is 0 Å². The summed E-state index contributed by atoms with van der Waals surface area (Å²) < 4.78 is 0. The van der Waals surface area contributed by atoms with Crippen molar-refractivity contribution in [2.75, 3.05) is 6.54 Å². The van der Waals surface area contributed by atoms with E-state index in [4.69, 9.17) is 6.42 Å². The number of terminal acetylenes is 1. The van der Waals surface area contributed by atoms with Crippen LogP contribution in [0.15, 0.2) is 64.8 Å². The van der Waals surface area contributed by atoms with Crippen LogP contribution in [-0.2, 0) is 4.79 Å². The molecule has 2 aromatic rings. The van der Waals surface area contributed by atoms with Crippen LogP contribution >= 0.6 is 0 Å². The molecule has 0 unspecified atom stereocenters. The van der Waals surface area contributed by atoms with Crippen LogP contribution in [0.25, 0.3) is 0 Å². The number of amides is 2. The second-order valence-electron chi connectivity index (χ2n) is 5.20. The van der Waals surface area contributed by atoms with Gasteiger partial charge < -0.3 is 10.6 Å². The summed E-state index contributed by atoms with van der Waals surface area (Å²) in [6.45, 7) is 1.71. The van der Waals surface area contributed by atoms with Crippen molar-refractivity contribution in [2.24, 2.45) is 10.2 Å². The topological polar surface area (TPSA) is 82.9 Å². The van der Waals surface area contributed by atoms with E-state index in [9.17, 15) is 9.59 Å². The fourth-order valence-corrected chi connectivity index (χ4v) is 1.93. The molecule has 0 aliphatic carbocycles. The third-order valence-electron chi connectivity index (χ3n) is 3.27. The standard InChI is InChI=1S/C19H18N4O2/c1-3-13-20-18(24)14(2)21-19(25)15-9-11-17(12-10-15)23-22-16-7-5-4-6-8-16/h1,4-12,14H,13H2,2H3,(H,20,24)(H,21,25)/t14-/m0/s1. The molecule has 0 aromatic heterocycles. The SMILES string of the molecule is C#CCNC(=O)[C@H](C)NC(=O)c1ccc(N=Nc2ccccc2)cc1. The molecule has 0 bridgehead atoms. The van der Waals surface area contributed by atoms with Crippen LogP contribution in [-0.4, -0.2) is 24.4 Å². The number of nitrogens with zero attached hydrogens (tertiary/aromatic N) is 2. The predicted octanol–water partition coefficient (Wildman–Crippen LogP) is 2.97. The molecule has 0 saturated carbocycles. The van der Waals surface area contributed by atoms with Crippen molar-refractivity contribution in [3.63, 3.8) is 0 Å². The Morgan fingerprint density at radius 2 is 1.64 bits per heavy atom. The van der Waals surface area contributed by atoms with Crippen LogP contribution in [0, 0.1) is 12.3 Å². The van der Waals surface area contributed by atoms with Crippen molar-refractivity contribution in [3.8, 4) is 12.3 Å². The zero-order chi connectivity index (χ0) is 18.1. The first kappa shape index (κ1) is 17.9. The van der Waals surface area contributed by atoms with Gasteiger partial charge in [0.2, 0.25) is 5.91 Å². The number of hydrogen-bond donors (Lipinski definition) is 2. The lowest BCUT2D eigenvalue weighted by Crippen LogP contribution is -2.44. The van der Waals surface area contributed by atoms with Crippen LogP contribution in [0.4, 0.5) is 11.4 Å². The quantitative estimate of drug-likeness (QED) is 0.629. The summed E-state index contributed by atoms with van der Waals surface area (Å²) in [6.07, 6.45) is 5.08. The third-order valence-corrected chi connectivity index (χ3v) is 3.27. The lowest BCUT2D eigenvalue weighted by atomic mass is 10.2. The molecule has 6 nitrogen and oxygen atoms in total. The van der Waals surface area contributed by atoms with Gasteiger partial charge in [-0.05, 0) is 43.3 Å². The number of benzene rings is 2. The van der Waals surface area contributed by atoms with Gasteiger partial charge in [-0.2, -0.15) is 10.2 Å². The molecule has 2 rings (SSSR count). The van der Waals surface area contributed by atoms with Crippen LogP contribution in [0.2, 0.25) is 0 Å². The van der Waals surface area contributed by atoms with Crippen molar-refractivity contribution in [1.29, 1.82) is 0 Å². The van der Waals surface area contributed by atoms with Gasteiger partial charge >= 0.3 is 0 Å². The molecular weight excluding hydrogens is 316 g/mol. The van der Waals surface area contributed by atoms with Gasteiger partial charge in [-0.3, -0.25) is 9.59 Å². The van der Waals surface area contributed by atoms with E-state index in [1.54, 1.807) is 31.2 Å². The molecule has 0 aliphatic rings. The molecule has 2 N–H and O–H groups in total. The Kier molecular flexibility index (Phi) is 6.43. The highest BCUT2D eigenvalue weighted by Crippen LogP contribution is 2.18. The molecule has 1 atom stereocenters. The Morgan fingerprint density at radius 3 is 2.24 bits per heavy atom. The van der Waals surface area contributed by atoms with Gasteiger partial charge in [-0.25, -0.2) is 0 Å². The fourth-order valence-electron chi connectivity index (χ4n) is 1.93. The Hall–Kier alpha value is -3.46. The fraction of sp³-hybridized carbons (Fsp3) is 0.158. The van der Waals surface area contributed by atoms with Crippen LogP contribution in [0.3, 0.4) is 0 Å². The van der Waals surface area contributed by atoms with E-state index >= 15 is 0 Å². The maximum atomic E-state index is 12.1. The first-order valence-corrected chi connectivity index (χ1v) is 7.69. The molecule has 0 saturated heterocycles. The third kappa shape index (κ3) is 5.59. The molecule has 0 radical (unpaired) electrons. The monoisotopic (exact) mass is 334 g/mol. The summed E-state index contributed by atoms with van der Waals surface area (Å²) in [6, 6.07) is 15.3. The normalized spacial score (nSPS) is 11.5. The predicted molar refractivity (Wildman–Crippen MR) is 95.8 cm³/mol. The van der Waals surface area contributed by atoms with E-state index in [1.807, 2.05) is 30.3 Å². The minimum Gasteiger partial charge on any atom is -0.343 e. The highest BCUT2D eigenvalue weighted by atomic mass is 16.2. The highest BCUT2D eigenvalue weighted by molar-refractivity contribution is 5.97. The molecule has 2 amide bonds. The number of hydrogen-bond acceptors (Lipinski definition) is 4. The summed E-state index contributed by atoms with van der Waals surface area (Å²) in [7, 11) is 0. The van der Waals surface area contributed by atoms with Crippen LogP contribution < -0.4 is 10.6 Å². The number of azo groups is 1. The van der Waals surface area contributed by atoms with Crippen molar-refractivity contribution < 1.29 is 9.59 Å². The van der Waals surface area contributed by atoms with E-state index in [-0.39, 0.29) is 18.4 Å². The van der Waals surface area contributed by atoms with Crippen molar-refractivity contribution in [3.05, 3.63) is 60.2 Å². The summed E-state index contributed by atoms with van der Waals surface area (Å²) >= 11 is 0. The Labute approximate surface area is 146 Å². The van der Waals surface area contributed by atoms with Gasteiger partial charge in [0.1, 0.15) is 6.04 Å². The second kappa shape index (κ2) is 8.99. The number of rotatable bonds is 6. The average molecular weight is 334 g/mol. The van der Waals surface area contributed by atoms with Gasteiger partial charge in [0.25, 0.3) is 5.91 Å². The first-order valence-electron chi connectivity index (χ1n) is 7.69. The average Bonchev–Trinajstić information content (AvgIpc) is 2.65. The Morgan fingerprint density at radius 1 is 1.04 bits per heavy atom. The summed E-state index contributed by atoms with van der Waals surface area (Å²) in [5.74, 6) is 1.62. The molecule has 0 spiro atoms. The van der Waals surface area contributed by atoms with E-state index in [0.29, 0.717) is 11.3 Å². The van der Waals surface area contributed by atoms with Crippen LogP contribution in [0.5, 0.6) is 0 Å². The maximum Gasteiger partial charge on any atom is 0.251 e. The zero-order valence-corrected chi connectivity index (χ0v) is 13.8. The zero-order valence-electron chi connectivity index (χ0n) is 13.8. The van der Waals surface area contributed by atoms with Gasteiger partial charge in [0, 0.05) is 5.56 Å². The summed E-state index contributed by atoms with van der Waals surface area (Å²) in [5.41, 5.74) is 1.80. The molecule has 2 aromatic carbocycles. The van der Waals surface area contributed by atoms with E-state index in [0.717, 1.165) is 5.69 Å². The van der Waals surface area contributed by atoms with Crippen LogP contribution in [0.1, 0.15) is 17.3 Å². The summed E-state index contributed by atoms with van der Waals surface area (Å²) in [5, 5.41) is 13.3. The molecule has 0 fully saturated rings. The van der Waals surface area contributed by atoms with Gasteiger partial charge in [0.15, 0.2) is 0 Å². The largest absolute Gasteiger partial charge is 0.343 e. The molecular formula is C19H18N4O2. The minimum atomic E-state index is -0.682. The van der Waals surface area contributed by atoms with Crippen molar-refractivity contribution in [2.45, 2.75) is 13.0 Å². The smallest absolute Gasteiger partial charge is 0.251 e. The lowest BCUT2D eigenvalue weighted by Gasteiger charge is -2.13. The molecule has 0 heterocycles. The number of nitrogens with one attached hydrogen (secondary N) is 2. The highest BCUT2D eigenvalue weighted by Gasteiger charge is 2.15. The Balaban J connectivity index is 1.95. The van der Waals surface area contributed by atoms with Crippen molar-refractivity contribution in [1.82, 2.24) is 10.6 Å². The molecule has 6 heteroatoms. The van der Waals surface area contributed by atoms with E-state index < -0.39 is 6.04 Å². The Bertz CT molecular complexity index is 792. The number of carbonyl (C=O) groups is 2. The molecule has 25 heavy (non-hydrogen) atoms. The van der Waals surface area contributed by atoms with Gasteiger partial charge in [-0.15, -0.1) is 6.42 Å². The second-order valence-corrected chi connectivity index (χ2v) is 5.20. The van der Waals surface area contributed by atoms with E-state index in [2.05, 4.69) is 26.8 Å². The van der Waals surface area contributed by atoms with Gasteiger partial charge in [0.05, 0.1) is 17.9 Å². The minimum absolute atomic E-state index is 0.125. The molecule has 0 aliphatic heterocycles. The maximum absolute atomic E-state index is 12.1. The summed E-state index contributed by atoms with van der Waals surface area (Å²) in [4.78, 5) is 23.8. The number of carbonyl (C=O) groups excluding carboxylic acids is 2.